The Morgan fingerprint density at radius 3 is 2.32 bits per heavy atom. The fraction of sp³-hybridized carbons (Fsp3) is 0.156. The van der Waals surface area contributed by atoms with Gasteiger partial charge in [0.1, 0.15) is 5.41 Å². The molecule has 37 heavy (non-hydrogen) atoms. The summed E-state index contributed by atoms with van der Waals surface area (Å²) in [5.41, 5.74) is 4.03. The zero-order valence-corrected chi connectivity index (χ0v) is 21.0. The maximum absolute atomic E-state index is 14.1. The van der Waals surface area contributed by atoms with Gasteiger partial charge in [0.05, 0.1) is 17.2 Å². The number of hydrogen-bond acceptors (Lipinski definition) is 4. The Kier molecular flexibility index (Phi) is 4.67. The van der Waals surface area contributed by atoms with Crippen LogP contribution in [0.5, 0.6) is 0 Å². The molecule has 0 aliphatic heterocycles. The summed E-state index contributed by atoms with van der Waals surface area (Å²) in [6.45, 7) is 1.95. The van der Waals surface area contributed by atoms with Gasteiger partial charge >= 0.3 is 0 Å². The number of anilines is 1. The highest BCUT2D eigenvalue weighted by atomic mass is 32.1. The van der Waals surface area contributed by atoms with Crippen LogP contribution in [-0.2, 0) is 10.2 Å². The van der Waals surface area contributed by atoms with Gasteiger partial charge in [0.2, 0.25) is 5.91 Å². The monoisotopic (exact) mass is 497 g/mol. The number of rotatable bonds is 3. The van der Waals surface area contributed by atoms with Gasteiger partial charge in [-0.3, -0.25) is 4.79 Å². The van der Waals surface area contributed by atoms with Crippen LogP contribution in [-0.4, -0.2) is 10.9 Å². The van der Waals surface area contributed by atoms with Crippen molar-refractivity contribution in [1.29, 1.82) is 5.26 Å². The van der Waals surface area contributed by atoms with Crippen molar-refractivity contribution < 1.29 is 4.79 Å². The topological polar surface area (TPSA) is 65.8 Å². The summed E-state index contributed by atoms with van der Waals surface area (Å²) in [4.78, 5) is 18.9. The summed E-state index contributed by atoms with van der Waals surface area (Å²) < 4.78 is 0. The van der Waals surface area contributed by atoms with E-state index in [-0.39, 0.29) is 11.8 Å². The van der Waals surface area contributed by atoms with E-state index in [0.29, 0.717) is 11.6 Å². The van der Waals surface area contributed by atoms with Crippen LogP contribution in [0.25, 0.3) is 22.0 Å². The standard InChI is InChI=1S/C32H23N3OS/c1-31(17-25-22-12-4-6-15-26(22)32(31,19-33)27-16-7-5-13-23(25)27)29(36)35-30-34-28(18-37-30)24-14-8-10-20-9-2-3-11-21(20)24/h2-16,18,25H,17H2,1H3,(H,34,35,36). The average Bonchev–Trinajstić information content (AvgIpc) is 3.41. The van der Waals surface area contributed by atoms with Crippen molar-refractivity contribution >= 4 is 33.1 Å². The molecule has 2 bridgehead atoms. The van der Waals surface area contributed by atoms with Crippen LogP contribution in [0.15, 0.2) is 96.4 Å². The molecule has 1 N–H and O–H groups in total. The van der Waals surface area contributed by atoms with Crippen molar-refractivity contribution in [2.24, 2.45) is 5.41 Å². The van der Waals surface area contributed by atoms with E-state index in [9.17, 15) is 10.1 Å². The van der Waals surface area contributed by atoms with Gasteiger partial charge in [-0.25, -0.2) is 4.98 Å². The third-order valence-corrected chi connectivity index (χ3v) is 9.14. The van der Waals surface area contributed by atoms with Gasteiger partial charge in [0, 0.05) is 16.9 Å². The summed E-state index contributed by atoms with van der Waals surface area (Å²) >= 11 is 1.42. The first-order valence-corrected chi connectivity index (χ1v) is 13.3. The summed E-state index contributed by atoms with van der Waals surface area (Å²) in [5, 5.41) is 18.7. The molecule has 8 rings (SSSR count). The van der Waals surface area contributed by atoms with E-state index in [1.165, 1.54) is 11.3 Å². The zero-order valence-electron chi connectivity index (χ0n) is 20.2. The van der Waals surface area contributed by atoms with Crippen LogP contribution in [0.3, 0.4) is 0 Å². The molecule has 3 aliphatic carbocycles. The van der Waals surface area contributed by atoms with Gasteiger partial charge < -0.3 is 5.32 Å². The van der Waals surface area contributed by atoms with Crippen LogP contribution in [0.4, 0.5) is 5.13 Å². The van der Waals surface area contributed by atoms with E-state index < -0.39 is 10.8 Å². The van der Waals surface area contributed by atoms with E-state index in [1.54, 1.807) is 0 Å². The van der Waals surface area contributed by atoms with Gasteiger partial charge in [-0.15, -0.1) is 11.3 Å². The molecule has 1 aromatic heterocycles. The average molecular weight is 498 g/mol. The number of benzene rings is 4. The highest BCUT2D eigenvalue weighted by molar-refractivity contribution is 7.14. The molecule has 4 nitrogen and oxygen atoms in total. The molecule has 4 aromatic carbocycles. The highest BCUT2D eigenvalue weighted by Crippen LogP contribution is 2.64. The van der Waals surface area contributed by atoms with Gasteiger partial charge in [0.25, 0.3) is 0 Å². The van der Waals surface area contributed by atoms with Crippen LogP contribution < -0.4 is 5.32 Å². The summed E-state index contributed by atoms with van der Waals surface area (Å²) in [6, 6.07) is 33.3. The third-order valence-electron chi connectivity index (χ3n) is 8.38. The second kappa shape index (κ2) is 7.86. The lowest BCUT2D eigenvalue weighted by molar-refractivity contribution is -0.128. The number of carbonyl (C=O) groups is 1. The first-order chi connectivity index (χ1) is 18.1. The Hall–Kier alpha value is -4.27. The Bertz CT molecular complexity index is 1710. The molecule has 0 spiro atoms. The molecule has 1 amide bonds. The second-order valence-corrected chi connectivity index (χ2v) is 11.0. The molecular formula is C32H23N3OS. The van der Waals surface area contributed by atoms with Crippen LogP contribution in [0.2, 0.25) is 0 Å². The van der Waals surface area contributed by atoms with Crippen molar-refractivity contribution in [2.75, 3.05) is 5.32 Å². The molecule has 178 valence electrons. The number of nitrogens with one attached hydrogen (secondary N) is 1. The molecule has 0 saturated heterocycles. The number of nitriles is 1. The maximum atomic E-state index is 14.1. The summed E-state index contributed by atoms with van der Waals surface area (Å²) in [5.74, 6) is -0.0946. The van der Waals surface area contributed by atoms with Crippen molar-refractivity contribution in [3.8, 4) is 17.3 Å². The highest BCUT2D eigenvalue weighted by Gasteiger charge is 2.64. The normalized spacial score (nSPS) is 23.2. The minimum absolute atomic E-state index is 0.0703. The van der Waals surface area contributed by atoms with E-state index in [0.717, 1.165) is 44.3 Å². The largest absolute Gasteiger partial charge is 0.301 e. The Morgan fingerprint density at radius 2 is 1.59 bits per heavy atom. The molecule has 0 fully saturated rings. The molecule has 1 atom stereocenters. The fourth-order valence-electron chi connectivity index (χ4n) is 6.62. The maximum Gasteiger partial charge on any atom is 0.234 e. The predicted molar refractivity (Wildman–Crippen MR) is 148 cm³/mol. The lowest BCUT2D eigenvalue weighted by Crippen LogP contribution is -2.58. The molecule has 5 heteroatoms. The molecule has 0 saturated carbocycles. The van der Waals surface area contributed by atoms with Gasteiger partial charge in [-0.1, -0.05) is 91.0 Å². The Morgan fingerprint density at radius 1 is 0.946 bits per heavy atom. The van der Waals surface area contributed by atoms with Crippen molar-refractivity contribution in [3.05, 3.63) is 119 Å². The van der Waals surface area contributed by atoms with Crippen molar-refractivity contribution in [3.63, 3.8) is 0 Å². The van der Waals surface area contributed by atoms with Crippen molar-refractivity contribution in [2.45, 2.75) is 24.7 Å². The predicted octanol–water partition coefficient (Wildman–Crippen LogP) is 7.27. The number of hydrogen-bond donors (Lipinski definition) is 1. The molecule has 1 unspecified atom stereocenters. The fourth-order valence-corrected chi connectivity index (χ4v) is 7.32. The smallest absolute Gasteiger partial charge is 0.234 e. The SMILES string of the molecule is CC1(C(=O)Nc2nc(-c3cccc4ccccc34)cs2)CC2c3ccccc3C1(C#N)c1ccccc12. The summed E-state index contributed by atoms with van der Waals surface area (Å²) in [6.07, 6.45) is 0.571. The first kappa shape index (κ1) is 22.0. The minimum atomic E-state index is -1.07. The second-order valence-electron chi connectivity index (χ2n) is 10.1. The molecule has 0 radical (unpaired) electrons. The van der Waals surface area contributed by atoms with Gasteiger partial charge in [-0.05, 0) is 46.4 Å². The summed E-state index contributed by atoms with van der Waals surface area (Å²) in [7, 11) is 0. The van der Waals surface area contributed by atoms with Crippen LogP contribution in [0, 0.1) is 16.7 Å². The lowest BCUT2D eigenvalue weighted by atomic mass is 9.44. The minimum Gasteiger partial charge on any atom is -0.301 e. The van der Waals surface area contributed by atoms with Crippen molar-refractivity contribution in [1.82, 2.24) is 4.98 Å². The number of nitrogens with zero attached hydrogens (tertiary/aromatic N) is 2. The lowest BCUT2D eigenvalue weighted by Gasteiger charge is -2.55. The molecular weight excluding hydrogens is 474 g/mol. The van der Waals surface area contributed by atoms with E-state index >= 15 is 0 Å². The van der Waals surface area contributed by atoms with E-state index in [1.807, 2.05) is 66.9 Å². The van der Waals surface area contributed by atoms with E-state index in [2.05, 4.69) is 47.8 Å². The number of fused-ring (bicyclic) bond motifs is 2. The van der Waals surface area contributed by atoms with E-state index in [4.69, 9.17) is 4.98 Å². The van der Waals surface area contributed by atoms with Gasteiger partial charge in [0.15, 0.2) is 5.13 Å². The van der Waals surface area contributed by atoms with Crippen LogP contribution in [0.1, 0.15) is 41.5 Å². The third kappa shape index (κ3) is 2.88. The molecule has 3 aliphatic rings. The Labute approximate surface area is 219 Å². The number of aromatic nitrogens is 1. The first-order valence-electron chi connectivity index (χ1n) is 12.4. The number of carbonyl (C=O) groups excluding carboxylic acids is 1. The number of thiazole rings is 1. The van der Waals surface area contributed by atoms with Crippen LogP contribution >= 0.6 is 11.3 Å². The zero-order chi connectivity index (χ0) is 25.2. The molecule has 5 aromatic rings. The Balaban J connectivity index is 1.30. The molecule has 1 heterocycles. The van der Waals surface area contributed by atoms with Gasteiger partial charge in [-0.2, -0.15) is 5.26 Å². The quantitative estimate of drug-likeness (QED) is 0.285. The number of amides is 1.